The van der Waals surface area contributed by atoms with Crippen LogP contribution in [0.25, 0.3) is 0 Å². The Morgan fingerprint density at radius 1 is 1.50 bits per heavy atom. The van der Waals surface area contributed by atoms with Gasteiger partial charge in [0.1, 0.15) is 0 Å². The molecule has 0 unspecified atom stereocenters. The number of hydrogen-bond acceptors (Lipinski definition) is 3. The van der Waals surface area contributed by atoms with Crippen molar-refractivity contribution in [3.8, 4) is 0 Å². The topological polar surface area (TPSA) is 35.5 Å². The van der Waals surface area contributed by atoms with Gasteiger partial charge in [-0.25, -0.2) is 0 Å². The molecule has 0 bridgehead atoms. The molecule has 0 aliphatic heterocycles. The van der Waals surface area contributed by atoms with Gasteiger partial charge < -0.3 is 9.47 Å². The number of hydrogen-bond donors (Lipinski definition) is 0. The summed E-state index contributed by atoms with van der Waals surface area (Å²) in [4.78, 5) is 10.2. The second-order valence-corrected chi connectivity index (χ2v) is 2.52. The Labute approximate surface area is 61.3 Å². The standard InChI is InChI=1S/C7H14O3/c1-6(2)4-9-5-10-7(3)8/h6H,4-5H2,1-3H3. The van der Waals surface area contributed by atoms with Crippen LogP contribution >= 0.6 is 0 Å². The van der Waals surface area contributed by atoms with E-state index in [1.165, 1.54) is 6.92 Å². The molecular formula is C7H14O3. The maximum Gasteiger partial charge on any atom is 0.304 e. The first kappa shape index (κ1) is 9.43. The summed E-state index contributed by atoms with van der Waals surface area (Å²) in [5.74, 6) is 0.180. The lowest BCUT2D eigenvalue weighted by Gasteiger charge is -2.05. The van der Waals surface area contributed by atoms with Crippen molar-refractivity contribution in [1.82, 2.24) is 0 Å². The van der Waals surface area contributed by atoms with Gasteiger partial charge in [-0.1, -0.05) is 13.8 Å². The van der Waals surface area contributed by atoms with Crippen molar-refractivity contribution in [3.05, 3.63) is 0 Å². The van der Waals surface area contributed by atoms with Gasteiger partial charge >= 0.3 is 5.97 Å². The average Bonchev–Trinajstić information content (AvgIpc) is 1.79. The zero-order valence-corrected chi connectivity index (χ0v) is 6.72. The Hall–Kier alpha value is -0.570. The molecule has 0 aromatic heterocycles. The van der Waals surface area contributed by atoms with Crippen molar-refractivity contribution >= 4 is 5.97 Å². The lowest BCUT2D eigenvalue weighted by molar-refractivity contribution is -0.154. The third-order valence-corrected chi connectivity index (χ3v) is 0.797. The smallest absolute Gasteiger partial charge is 0.304 e. The van der Waals surface area contributed by atoms with Crippen LogP contribution in [0.4, 0.5) is 0 Å². The van der Waals surface area contributed by atoms with Crippen LogP contribution in [0.2, 0.25) is 0 Å². The molecule has 10 heavy (non-hydrogen) atoms. The SMILES string of the molecule is CC(=O)OCOCC(C)C. The third-order valence-electron chi connectivity index (χ3n) is 0.797. The van der Waals surface area contributed by atoms with E-state index in [4.69, 9.17) is 4.74 Å². The predicted octanol–water partition coefficient (Wildman–Crippen LogP) is 1.18. The van der Waals surface area contributed by atoms with Crippen molar-refractivity contribution < 1.29 is 14.3 Å². The molecule has 0 aliphatic carbocycles. The summed E-state index contributed by atoms with van der Waals surface area (Å²) >= 11 is 0. The second kappa shape index (κ2) is 5.23. The lowest BCUT2D eigenvalue weighted by atomic mass is 10.2. The highest BCUT2D eigenvalue weighted by atomic mass is 16.7. The van der Waals surface area contributed by atoms with Crippen molar-refractivity contribution in [1.29, 1.82) is 0 Å². The summed E-state index contributed by atoms with van der Waals surface area (Å²) in [6.07, 6.45) is 0. The highest BCUT2D eigenvalue weighted by Gasteiger charge is 1.94. The van der Waals surface area contributed by atoms with Crippen molar-refractivity contribution in [3.63, 3.8) is 0 Å². The van der Waals surface area contributed by atoms with Gasteiger partial charge in [-0.2, -0.15) is 0 Å². The first-order valence-corrected chi connectivity index (χ1v) is 3.34. The van der Waals surface area contributed by atoms with Crippen LogP contribution in [0.3, 0.4) is 0 Å². The largest absolute Gasteiger partial charge is 0.439 e. The monoisotopic (exact) mass is 146 g/mol. The van der Waals surface area contributed by atoms with Gasteiger partial charge in [-0.05, 0) is 5.92 Å². The summed E-state index contributed by atoms with van der Waals surface area (Å²) in [5.41, 5.74) is 0. The maximum absolute atomic E-state index is 10.2. The zero-order chi connectivity index (χ0) is 7.98. The molecule has 0 aromatic carbocycles. The molecule has 0 aliphatic rings. The van der Waals surface area contributed by atoms with E-state index >= 15 is 0 Å². The summed E-state index contributed by atoms with van der Waals surface area (Å²) in [6.45, 7) is 6.14. The highest BCUT2D eigenvalue weighted by Crippen LogP contribution is 1.91. The molecule has 0 radical (unpaired) electrons. The summed E-state index contributed by atoms with van der Waals surface area (Å²) in [7, 11) is 0. The zero-order valence-electron chi connectivity index (χ0n) is 6.72. The summed E-state index contributed by atoms with van der Waals surface area (Å²) < 4.78 is 9.49. The highest BCUT2D eigenvalue weighted by molar-refractivity contribution is 5.65. The van der Waals surface area contributed by atoms with E-state index < -0.39 is 0 Å². The number of esters is 1. The molecule has 0 N–H and O–H groups in total. The van der Waals surface area contributed by atoms with Crippen LogP contribution in [0, 0.1) is 5.92 Å². The summed E-state index contributed by atoms with van der Waals surface area (Å²) in [5, 5.41) is 0. The van der Waals surface area contributed by atoms with E-state index in [1.807, 2.05) is 13.8 Å². The fourth-order valence-corrected chi connectivity index (χ4v) is 0.408. The van der Waals surface area contributed by atoms with Crippen LogP contribution in [-0.2, 0) is 14.3 Å². The number of carbonyl (C=O) groups excluding carboxylic acids is 1. The fraction of sp³-hybridized carbons (Fsp3) is 0.857. The Bertz CT molecular complexity index is 99.0. The van der Waals surface area contributed by atoms with Gasteiger partial charge in [-0.3, -0.25) is 4.79 Å². The second-order valence-electron chi connectivity index (χ2n) is 2.52. The van der Waals surface area contributed by atoms with Gasteiger partial charge in [0.25, 0.3) is 0 Å². The van der Waals surface area contributed by atoms with Gasteiger partial charge in [0.15, 0.2) is 6.79 Å². The van der Waals surface area contributed by atoms with Crippen LogP contribution in [-0.4, -0.2) is 19.4 Å². The van der Waals surface area contributed by atoms with Crippen LogP contribution in [0.5, 0.6) is 0 Å². The predicted molar refractivity (Wildman–Crippen MR) is 37.4 cm³/mol. The van der Waals surface area contributed by atoms with E-state index in [1.54, 1.807) is 0 Å². The first-order valence-electron chi connectivity index (χ1n) is 3.34. The number of carbonyl (C=O) groups is 1. The first-order chi connectivity index (χ1) is 4.63. The molecule has 3 nitrogen and oxygen atoms in total. The summed E-state index contributed by atoms with van der Waals surface area (Å²) in [6, 6.07) is 0. The van der Waals surface area contributed by atoms with Crippen LogP contribution in [0.15, 0.2) is 0 Å². The molecule has 0 amide bonds. The number of ether oxygens (including phenoxy) is 2. The third kappa shape index (κ3) is 7.43. The van der Waals surface area contributed by atoms with Gasteiger partial charge in [0.2, 0.25) is 0 Å². The minimum absolute atomic E-state index is 0.0769. The molecular weight excluding hydrogens is 132 g/mol. The molecule has 0 aromatic rings. The fourth-order valence-electron chi connectivity index (χ4n) is 0.408. The van der Waals surface area contributed by atoms with Crippen LogP contribution in [0.1, 0.15) is 20.8 Å². The molecule has 0 heterocycles. The van der Waals surface area contributed by atoms with Crippen LogP contribution < -0.4 is 0 Å². The van der Waals surface area contributed by atoms with E-state index in [0.717, 1.165) is 0 Å². The normalized spacial score (nSPS) is 10.0. The molecule has 0 saturated carbocycles. The Kier molecular flexibility index (Phi) is 4.94. The quantitative estimate of drug-likeness (QED) is 0.339. The Balaban J connectivity index is 2.98. The minimum Gasteiger partial charge on any atom is -0.439 e. The minimum atomic E-state index is -0.302. The van der Waals surface area contributed by atoms with Crippen molar-refractivity contribution in [2.24, 2.45) is 5.92 Å². The molecule has 60 valence electrons. The molecule has 0 atom stereocenters. The molecule has 3 heteroatoms. The van der Waals surface area contributed by atoms with E-state index in [0.29, 0.717) is 12.5 Å². The molecule has 0 spiro atoms. The van der Waals surface area contributed by atoms with E-state index in [9.17, 15) is 4.79 Å². The number of rotatable bonds is 4. The van der Waals surface area contributed by atoms with Gasteiger partial charge in [0.05, 0.1) is 6.61 Å². The average molecular weight is 146 g/mol. The molecule has 0 fully saturated rings. The lowest BCUT2D eigenvalue weighted by Crippen LogP contribution is -2.08. The van der Waals surface area contributed by atoms with E-state index in [-0.39, 0.29) is 12.8 Å². The maximum atomic E-state index is 10.2. The van der Waals surface area contributed by atoms with Gasteiger partial charge in [-0.15, -0.1) is 0 Å². The molecule has 0 saturated heterocycles. The van der Waals surface area contributed by atoms with Crippen molar-refractivity contribution in [2.75, 3.05) is 13.4 Å². The van der Waals surface area contributed by atoms with Gasteiger partial charge in [0, 0.05) is 6.92 Å². The molecule has 0 rings (SSSR count). The Morgan fingerprint density at radius 3 is 2.50 bits per heavy atom. The Morgan fingerprint density at radius 2 is 2.10 bits per heavy atom. The van der Waals surface area contributed by atoms with Crippen molar-refractivity contribution in [2.45, 2.75) is 20.8 Å². The van der Waals surface area contributed by atoms with E-state index in [2.05, 4.69) is 4.74 Å².